The zero-order valence-electron chi connectivity index (χ0n) is 28.2. The molecule has 2 aromatic carbocycles. The van der Waals surface area contributed by atoms with Crippen LogP contribution < -0.4 is 30.3 Å². The molecule has 0 bridgehead atoms. The zero-order valence-corrected chi connectivity index (χ0v) is 30.7. The van der Waals surface area contributed by atoms with E-state index in [1.54, 1.807) is 50.8 Å². The summed E-state index contributed by atoms with van der Waals surface area (Å²) in [5, 5.41) is 12.0. The van der Waals surface area contributed by atoms with E-state index in [0.717, 1.165) is 61.8 Å². The Morgan fingerprint density at radius 1 is 0.957 bits per heavy atom. The number of nitrogens with one attached hydrogen (secondary N) is 2. The lowest BCUT2D eigenvalue weighted by Gasteiger charge is -2.43. The van der Waals surface area contributed by atoms with Crippen molar-refractivity contribution in [2.75, 3.05) is 69.3 Å². The number of anilines is 5. The molecule has 0 radical (unpaired) electrons. The van der Waals surface area contributed by atoms with E-state index in [9.17, 15) is 4.57 Å². The van der Waals surface area contributed by atoms with Crippen LogP contribution in [0.4, 0.5) is 28.8 Å². The van der Waals surface area contributed by atoms with E-state index in [1.807, 2.05) is 18.2 Å². The summed E-state index contributed by atoms with van der Waals surface area (Å²) in [6.45, 7) is 14.3. The molecule has 3 heterocycles. The van der Waals surface area contributed by atoms with Crippen molar-refractivity contribution in [1.82, 2.24) is 24.6 Å². The third kappa shape index (κ3) is 7.45. The van der Waals surface area contributed by atoms with Crippen LogP contribution in [0.15, 0.2) is 53.4 Å². The first kappa shape index (κ1) is 33.3. The van der Waals surface area contributed by atoms with Crippen molar-refractivity contribution < 1.29 is 14.0 Å². The second-order valence-corrected chi connectivity index (χ2v) is 17.6. The molecular formula is C34H44BrN8O3P. The van der Waals surface area contributed by atoms with E-state index < -0.39 is 7.14 Å². The number of methoxy groups -OCH3 is 2. The van der Waals surface area contributed by atoms with Gasteiger partial charge >= 0.3 is 0 Å². The van der Waals surface area contributed by atoms with Gasteiger partial charge in [0.2, 0.25) is 5.95 Å². The summed E-state index contributed by atoms with van der Waals surface area (Å²) >= 11 is 3.61. The molecule has 1 saturated carbocycles. The maximum Gasteiger partial charge on any atom is 0.229 e. The van der Waals surface area contributed by atoms with E-state index in [1.165, 1.54) is 5.56 Å². The Bertz CT molecular complexity index is 1810. The molecule has 6 rings (SSSR count). The molecule has 4 aromatic rings. The van der Waals surface area contributed by atoms with Crippen molar-refractivity contribution in [3.05, 3.63) is 59.0 Å². The average molecular weight is 724 g/mol. The van der Waals surface area contributed by atoms with Crippen LogP contribution in [0.25, 0.3) is 5.69 Å². The Hall–Kier alpha value is -3.60. The van der Waals surface area contributed by atoms with Crippen molar-refractivity contribution in [3.63, 3.8) is 0 Å². The predicted molar refractivity (Wildman–Crippen MR) is 194 cm³/mol. The monoisotopic (exact) mass is 722 g/mol. The van der Waals surface area contributed by atoms with Crippen LogP contribution in [0.5, 0.6) is 11.5 Å². The van der Waals surface area contributed by atoms with E-state index in [0.29, 0.717) is 38.9 Å². The lowest BCUT2D eigenvalue weighted by Crippen LogP contribution is -2.53. The summed E-state index contributed by atoms with van der Waals surface area (Å²) in [6, 6.07) is 10.1. The van der Waals surface area contributed by atoms with Gasteiger partial charge in [0.05, 0.1) is 48.1 Å². The molecule has 2 aliphatic rings. The van der Waals surface area contributed by atoms with E-state index in [2.05, 4.69) is 79.3 Å². The normalized spacial score (nSPS) is 15.9. The minimum atomic E-state index is -2.70. The van der Waals surface area contributed by atoms with Gasteiger partial charge in [0.15, 0.2) is 5.75 Å². The molecule has 250 valence electrons. The molecular weight excluding hydrogens is 679 g/mol. The lowest BCUT2D eigenvalue weighted by molar-refractivity contribution is 0.128. The molecule has 0 atom stereocenters. The first-order valence-electron chi connectivity index (χ1n) is 15.9. The van der Waals surface area contributed by atoms with Gasteiger partial charge in [-0.1, -0.05) is 0 Å². The van der Waals surface area contributed by atoms with Gasteiger partial charge in [-0.2, -0.15) is 10.1 Å². The zero-order chi connectivity index (χ0) is 33.5. The van der Waals surface area contributed by atoms with Crippen LogP contribution in [-0.2, 0) is 4.57 Å². The highest BCUT2D eigenvalue weighted by Gasteiger charge is 2.31. The number of nitrogens with zero attached hydrogens (tertiary/aromatic N) is 6. The van der Waals surface area contributed by atoms with Gasteiger partial charge in [0.1, 0.15) is 18.7 Å². The molecule has 1 aliphatic carbocycles. The molecule has 2 fully saturated rings. The second-order valence-electron chi connectivity index (χ2n) is 13.5. The first-order chi connectivity index (χ1) is 22.3. The SMILES string of the molecule is COc1cnn(-c2ccc(Nc3nc(Nc4cc(OC)c(N5CCN(C(C)(C)C)CC5)cc4C4CC4)ncc3Br)c(P(C)(C)=O)c2)c1. The Morgan fingerprint density at radius 2 is 1.70 bits per heavy atom. The van der Waals surface area contributed by atoms with Crippen LogP contribution in [-0.4, -0.2) is 83.9 Å². The topological polar surface area (TPSA) is 110 Å². The molecule has 0 amide bonds. The van der Waals surface area contributed by atoms with Gasteiger partial charge in [-0.15, -0.1) is 0 Å². The van der Waals surface area contributed by atoms with Gasteiger partial charge in [-0.25, -0.2) is 9.67 Å². The maximum atomic E-state index is 13.5. The first-order valence-corrected chi connectivity index (χ1v) is 19.3. The molecule has 1 saturated heterocycles. The van der Waals surface area contributed by atoms with Gasteiger partial charge in [-0.3, -0.25) is 4.90 Å². The summed E-state index contributed by atoms with van der Waals surface area (Å²) in [6.07, 6.45) is 7.46. The quantitative estimate of drug-likeness (QED) is 0.167. The van der Waals surface area contributed by atoms with Crippen molar-refractivity contribution >= 4 is 57.2 Å². The predicted octanol–water partition coefficient (Wildman–Crippen LogP) is 6.98. The standard InChI is InChI=1S/C34H44BrN8O3P/c1-34(2,3)42-14-12-41(13-15-42)29-17-25(22-8-9-22)28(18-30(29)46-5)39-33-36-20-26(35)32(40-33)38-27-11-10-23(16-31(27)47(6,7)44)43-21-24(45-4)19-37-43/h10-11,16-22H,8-9,12-15H2,1-7H3,(H2,36,38,39,40). The fraction of sp³-hybridized carbons (Fsp3) is 0.441. The van der Waals surface area contributed by atoms with E-state index >= 15 is 0 Å². The van der Waals surface area contributed by atoms with Crippen LogP contribution in [0.1, 0.15) is 45.1 Å². The molecule has 2 aromatic heterocycles. The number of hydrogen-bond acceptors (Lipinski definition) is 10. The van der Waals surface area contributed by atoms with Crippen LogP contribution in [0, 0.1) is 0 Å². The highest BCUT2D eigenvalue weighted by atomic mass is 79.9. The Kier molecular flexibility index (Phi) is 9.30. The molecule has 0 unspecified atom stereocenters. The van der Waals surface area contributed by atoms with E-state index in [4.69, 9.17) is 14.5 Å². The number of aromatic nitrogens is 4. The summed E-state index contributed by atoms with van der Waals surface area (Å²) < 4.78 is 27.1. The van der Waals surface area contributed by atoms with E-state index in [-0.39, 0.29) is 5.54 Å². The molecule has 1 aliphatic heterocycles. The van der Waals surface area contributed by atoms with Crippen molar-refractivity contribution in [2.45, 2.75) is 45.1 Å². The lowest BCUT2D eigenvalue weighted by atomic mass is 10.0. The van der Waals surface area contributed by atoms with Gasteiger partial charge in [0, 0.05) is 55.0 Å². The summed E-state index contributed by atoms with van der Waals surface area (Å²) in [4.78, 5) is 14.4. The smallest absolute Gasteiger partial charge is 0.229 e. The highest BCUT2D eigenvalue weighted by molar-refractivity contribution is 9.10. The Morgan fingerprint density at radius 3 is 2.32 bits per heavy atom. The van der Waals surface area contributed by atoms with Crippen LogP contribution in [0.2, 0.25) is 0 Å². The van der Waals surface area contributed by atoms with Crippen molar-refractivity contribution in [3.8, 4) is 17.2 Å². The van der Waals surface area contributed by atoms with Gasteiger partial charge in [0.25, 0.3) is 0 Å². The fourth-order valence-electron chi connectivity index (χ4n) is 5.98. The van der Waals surface area contributed by atoms with Gasteiger partial charge in [-0.05, 0) is 98.6 Å². The number of hydrogen-bond donors (Lipinski definition) is 2. The number of rotatable bonds is 10. The van der Waals surface area contributed by atoms with Crippen molar-refractivity contribution in [1.29, 1.82) is 0 Å². The minimum absolute atomic E-state index is 0.161. The molecule has 47 heavy (non-hydrogen) atoms. The number of ether oxygens (including phenoxy) is 2. The van der Waals surface area contributed by atoms with Crippen molar-refractivity contribution in [2.24, 2.45) is 0 Å². The number of benzene rings is 2. The molecule has 0 spiro atoms. The minimum Gasteiger partial charge on any atom is -0.495 e. The maximum absolute atomic E-state index is 13.5. The van der Waals surface area contributed by atoms with Gasteiger partial charge < -0.3 is 29.6 Å². The third-order valence-electron chi connectivity index (χ3n) is 8.80. The fourth-order valence-corrected chi connectivity index (χ4v) is 7.43. The average Bonchev–Trinajstić information content (AvgIpc) is 3.77. The molecule has 11 nitrogen and oxygen atoms in total. The number of halogens is 1. The Balaban J connectivity index is 1.27. The highest BCUT2D eigenvalue weighted by Crippen LogP contribution is 2.48. The number of piperazine rings is 1. The molecule has 13 heteroatoms. The summed E-state index contributed by atoms with van der Waals surface area (Å²) in [5.41, 5.74) is 4.98. The Labute approximate surface area is 285 Å². The molecule has 2 N–H and O–H groups in total. The second kappa shape index (κ2) is 13.1. The largest absolute Gasteiger partial charge is 0.495 e. The van der Waals surface area contributed by atoms with Crippen LogP contribution in [0.3, 0.4) is 0 Å². The summed E-state index contributed by atoms with van der Waals surface area (Å²) in [7, 11) is 0.631. The third-order valence-corrected chi connectivity index (χ3v) is 10.9. The summed E-state index contributed by atoms with van der Waals surface area (Å²) in [5.74, 6) is 2.97. The van der Waals surface area contributed by atoms with Crippen LogP contribution >= 0.6 is 23.1 Å².